The van der Waals surface area contributed by atoms with Crippen LogP contribution >= 0.6 is 11.3 Å². The molecule has 0 spiro atoms. The first-order chi connectivity index (χ1) is 10.5. The predicted molar refractivity (Wildman–Crippen MR) is 83.3 cm³/mol. The number of thiophene rings is 1. The number of hydrogen-bond acceptors (Lipinski definition) is 5. The largest absolute Gasteiger partial charge is 0.368 e. The Labute approximate surface area is 131 Å². The first-order valence-electron chi connectivity index (χ1n) is 6.86. The highest BCUT2D eigenvalue weighted by Gasteiger charge is 2.30. The second-order valence-corrected chi connectivity index (χ2v) is 6.24. The lowest BCUT2D eigenvalue weighted by Gasteiger charge is -2.34. The molecule has 1 aliphatic rings. The Morgan fingerprint density at radius 2 is 2.14 bits per heavy atom. The number of fused-ring (bicyclic) bond motifs is 1. The molecule has 2 aromatic rings. The summed E-state index contributed by atoms with van der Waals surface area (Å²) in [5.74, 6) is -0.362. The first-order valence-corrected chi connectivity index (χ1v) is 7.74. The quantitative estimate of drug-likeness (QED) is 0.690. The number of nitro groups is 1. The van der Waals surface area contributed by atoms with E-state index in [4.69, 9.17) is 5.73 Å². The molecule has 1 amide bonds. The molecule has 0 bridgehead atoms. The Morgan fingerprint density at radius 3 is 2.77 bits per heavy atom. The predicted octanol–water partition coefficient (Wildman–Crippen LogP) is 2.07. The zero-order valence-electron chi connectivity index (χ0n) is 11.8. The molecule has 1 aromatic carbocycles. The lowest BCUT2D eigenvalue weighted by molar-refractivity contribution is -0.380. The van der Waals surface area contributed by atoms with Gasteiger partial charge < -0.3 is 5.73 Å². The number of amides is 1. The van der Waals surface area contributed by atoms with Crippen LogP contribution in [0.4, 0.5) is 5.00 Å². The maximum Gasteiger partial charge on any atom is 0.324 e. The van der Waals surface area contributed by atoms with E-state index in [0.717, 1.165) is 22.5 Å². The molecule has 0 saturated carbocycles. The summed E-state index contributed by atoms with van der Waals surface area (Å²) >= 11 is 1.10. The molecule has 22 heavy (non-hydrogen) atoms. The zero-order valence-corrected chi connectivity index (χ0v) is 12.6. The molecule has 1 aliphatic heterocycles. The lowest BCUT2D eigenvalue weighted by atomic mass is 9.93. The van der Waals surface area contributed by atoms with Gasteiger partial charge in [-0.15, -0.1) is 0 Å². The molecule has 2 N–H and O–H groups in total. The Balaban J connectivity index is 1.84. The lowest BCUT2D eigenvalue weighted by Crippen LogP contribution is -2.47. The van der Waals surface area contributed by atoms with Crippen molar-refractivity contribution in [3.63, 3.8) is 0 Å². The van der Waals surface area contributed by atoms with Gasteiger partial charge in [0.05, 0.1) is 11.0 Å². The summed E-state index contributed by atoms with van der Waals surface area (Å²) < 4.78 is 0. The topological polar surface area (TPSA) is 89.5 Å². The van der Waals surface area contributed by atoms with Gasteiger partial charge in [-0.2, -0.15) is 0 Å². The first kappa shape index (κ1) is 14.7. The van der Waals surface area contributed by atoms with Gasteiger partial charge in [-0.05, 0) is 23.1 Å². The average molecular weight is 317 g/mol. The van der Waals surface area contributed by atoms with Crippen molar-refractivity contribution in [1.82, 2.24) is 4.90 Å². The number of carbonyl (C=O) groups excluding carboxylic acids is 1. The third kappa shape index (κ3) is 2.86. The van der Waals surface area contributed by atoms with Crippen LogP contribution < -0.4 is 5.73 Å². The highest BCUT2D eigenvalue weighted by Crippen LogP contribution is 2.28. The Kier molecular flexibility index (Phi) is 3.91. The van der Waals surface area contributed by atoms with Gasteiger partial charge in [-0.1, -0.05) is 35.6 Å². The van der Waals surface area contributed by atoms with E-state index in [2.05, 4.69) is 0 Å². The van der Waals surface area contributed by atoms with Gasteiger partial charge in [0.15, 0.2) is 0 Å². The monoisotopic (exact) mass is 317 g/mol. The number of primary amides is 1. The van der Waals surface area contributed by atoms with E-state index in [1.807, 2.05) is 29.2 Å². The van der Waals surface area contributed by atoms with Gasteiger partial charge in [0, 0.05) is 24.5 Å². The highest BCUT2D eigenvalue weighted by molar-refractivity contribution is 7.13. The van der Waals surface area contributed by atoms with Crippen LogP contribution in [0.2, 0.25) is 0 Å². The van der Waals surface area contributed by atoms with Crippen molar-refractivity contribution >= 4 is 22.2 Å². The van der Waals surface area contributed by atoms with E-state index >= 15 is 0 Å². The average Bonchev–Trinajstić information content (AvgIpc) is 2.95. The molecule has 0 aliphatic carbocycles. The van der Waals surface area contributed by atoms with E-state index in [9.17, 15) is 14.9 Å². The van der Waals surface area contributed by atoms with Gasteiger partial charge in [-0.3, -0.25) is 19.8 Å². The van der Waals surface area contributed by atoms with Crippen molar-refractivity contribution < 1.29 is 9.72 Å². The van der Waals surface area contributed by atoms with Crippen LogP contribution in [0.15, 0.2) is 35.7 Å². The molecule has 6 nitrogen and oxygen atoms in total. The van der Waals surface area contributed by atoms with Crippen LogP contribution in [0.5, 0.6) is 0 Å². The van der Waals surface area contributed by atoms with Crippen molar-refractivity contribution in [2.75, 3.05) is 0 Å². The molecule has 0 radical (unpaired) electrons. The van der Waals surface area contributed by atoms with E-state index in [1.165, 1.54) is 5.56 Å². The fraction of sp³-hybridized carbons (Fsp3) is 0.267. The zero-order chi connectivity index (χ0) is 15.7. The summed E-state index contributed by atoms with van der Waals surface area (Å²) in [6.07, 6.45) is 0.581. The molecule has 0 unspecified atom stereocenters. The van der Waals surface area contributed by atoms with Gasteiger partial charge in [-0.25, -0.2) is 0 Å². The molecule has 3 rings (SSSR count). The van der Waals surface area contributed by atoms with Crippen molar-refractivity contribution in [3.05, 3.63) is 62.5 Å². The Hall–Kier alpha value is -2.25. The fourth-order valence-corrected chi connectivity index (χ4v) is 3.52. The molecule has 0 saturated heterocycles. The van der Waals surface area contributed by atoms with E-state index < -0.39 is 4.92 Å². The van der Waals surface area contributed by atoms with Gasteiger partial charge in [0.1, 0.15) is 0 Å². The number of benzene rings is 1. The van der Waals surface area contributed by atoms with E-state index in [0.29, 0.717) is 19.5 Å². The second-order valence-electron chi connectivity index (χ2n) is 5.35. The van der Waals surface area contributed by atoms with Crippen molar-refractivity contribution in [2.24, 2.45) is 5.73 Å². The summed E-state index contributed by atoms with van der Waals surface area (Å²) in [6.45, 7) is 1.10. The van der Waals surface area contributed by atoms with Crippen molar-refractivity contribution in [1.29, 1.82) is 0 Å². The summed E-state index contributed by atoms with van der Waals surface area (Å²) in [7, 11) is 0. The molecule has 0 fully saturated rings. The summed E-state index contributed by atoms with van der Waals surface area (Å²) in [5.41, 5.74) is 8.68. The van der Waals surface area contributed by atoms with Crippen LogP contribution in [0.1, 0.15) is 16.7 Å². The fourth-order valence-electron chi connectivity index (χ4n) is 2.80. The molecule has 7 heteroatoms. The number of rotatable bonds is 4. The summed E-state index contributed by atoms with van der Waals surface area (Å²) in [5, 5.41) is 12.6. The molecule has 1 atom stereocenters. The highest BCUT2D eigenvalue weighted by atomic mass is 32.1. The van der Waals surface area contributed by atoms with Gasteiger partial charge in [0.2, 0.25) is 5.91 Å². The number of hydrogen-bond donors (Lipinski definition) is 1. The standard InChI is InChI=1S/C15H15N3O3S/c16-15(19)13-6-11-3-1-2-4-12(11)8-17(13)7-10-5-14(18(20)21)22-9-10/h1-5,9,13H,6-8H2,(H2,16,19)/t13-/m0/s1. The van der Waals surface area contributed by atoms with Gasteiger partial charge >= 0.3 is 5.00 Å². The SMILES string of the molecule is NC(=O)[C@@H]1Cc2ccccc2CN1Cc1csc([N+](=O)[O-])c1. The Bertz CT molecular complexity index is 728. The van der Waals surface area contributed by atoms with Gasteiger partial charge in [0.25, 0.3) is 0 Å². The number of carbonyl (C=O) groups is 1. The minimum atomic E-state index is -0.398. The van der Waals surface area contributed by atoms with E-state index in [-0.39, 0.29) is 17.0 Å². The molecular weight excluding hydrogens is 302 g/mol. The van der Waals surface area contributed by atoms with Crippen LogP contribution in [-0.4, -0.2) is 21.8 Å². The summed E-state index contributed by atoms with van der Waals surface area (Å²) in [6, 6.07) is 9.15. The minimum absolute atomic E-state index is 0.114. The number of nitrogens with zero attached hydrogens (tertiary/aromatic N) is 2. The minimum Gasteiger partial charge on any atom is -0.368 e. The normalized spacial score (nSPS) is 17.9. The maximum absolute atomic E-state index is 11.8. The molecule has 1 aromatic heterocycles. The maximum atomic E-state index is 11.8. The van der Waals surface area contributed by atoms with Crippen molar-refractivity contribution in [3.8, 4) is 0 Å². The van der Waals surface area contributed by atoms with Crippen LogP contribution in [0.25, 0.3) is 0 Å². The van der Waals surface area contributed by atoms with Crippen LogP contribution in [0.3, 0.4) is 0 Å². The third-order valence-corrected chi connectivity index (χ3v) is 4.81. The number of nitrogens with two attached hydrogens (primary N) is 1. The smallest absolute Gasteiger partial charge is 0.324 e. The molecule has 2 heterocycles. The second kappa shape index (κ2) is 5.86. The Morgan fingerprint density at radius 1 is 1.41 bits per heavy atom. The molecule has 114 valence electrons. The molecular formula is C15H15N3O3S. The van der Waals surface area contributed by atoms with Crippen molar-refractivity contribution in [2.45, 2.75) is 25.6 Å². The third-order valence-electron chi connectivity index (χ3n) is 3.88. The van der Waals surface area contributed by atoms with Crippen LogP contribution in [-0.2, 0) is 24.3 Å². The van der Waals surface area contributed by atoms with Crippen LogP contribution in [0, 0.1) is 10.1 Å². The van der Waals surface area contributed by atoms with E-state index in [1.54, 1.807) is 11.4 Å². The summed E-state index contributed by atoms with van der Waals surface area (Å²) in [4.78, 5) is 24.1.